The van der Waals surface area contributed by atoms with Crippen LogP contribution in [0.1, 0.15) is 59.3 Å². The Morgan fingerprint density at radius 1 is 0.955 bits per heavy atom. The van der Waals surface area contributed by atoms with Crippen LogP contribution in [-0.2, 0) is 14.3 Å². The van der Waals surface area contributed by atoms with Crippen LogP contribution in [0.25, 0.3) is 0 Å². The van der Waals surface area contributed by atoms with Gasteiger partial charge in [-0.05, 0) is 59.3 Å². The lowest BCUT2D eigenvalue weighted by molar-refractivity contribution is -0.147. The van der Waals surface area contributed by atoms with E-state index in [0.717, 1.165) is 25.9 Å². The fraction of sp³-hybridized carbons (Fsp3) is 0.882. The number of carboxylic acid groups (broad SMARTS) is 1. The summed E-state index contributed by atoms with van der Waals surface area (Å²) in [6.07, 6.45) is 4.74. The summed E-state index contributed by atoms with van der Waals surface area (Å²) in [5, 5.41) is 9.02. The second-order valence-corrected chi connectivity index (χ2v) is 7.64. The number of hydrogen-bond donors (Lipinski definition) is 1. The summed E-state index contributed by atoms with van der Waals surface area (Å²) >= 11 is 0. The van der Waals surface area contributed by atoms with E-state index in [4.69, 9.17) is 9.84 Å². The van der Waals surface area contributed by atoms with Crippen molar-refractivity contribution >= 4 is 11.9 Å². The van der Waals surface area contributed by atoms with E-state index in [1.165, 1.54) is 0 Å². The minimum atomic E-state index is -0.717. The molecule has 0 spiro atoms. The average molecular weight is 311 g/mol. The number of amides is 1. The van der Waals surface area contributed by atoms with Gasteiger partial charge in [0.2, 0.25) is 5.91 Å². The summed E-state index contributed by atoms with van der Waals surface area (Å²) in [7, 11) is 0. The third-order valence-corrected chi connectivity index (χ3v) is 4.70. The molecule has 126 valence electrons. The molecule has 0 aromatic rings. The minimum absolute atomic E-state index is 0.0238. The maximum absolute atomic E-state index is 12.6. The van der Waals surface area contributed by atoms with Gasteiger partial charge in [-0.25, -0.2) is 0 Å². The number of hydrogen-bond acceptors (Lipinski definition) is 3. The van der Waals surface area contributed by atoms with Crippen LogP contribution in [-0.4, -0.2) is 46.7 Å². The van der Waals surface area contributed by atoms with Gasteiger partial charge in [0.05, 0.1) is 17.6 Å². The van der Waals surface area contributed by atoms with Gasteiger partial charge in [-0.2, -0.15) is 0 Å². The second kappa shape index (κ2) is 6.99. The Morgan fingerprint density at radius 3 is 1.91 bits per heavy atom. The van der Waals surface area contributed by atoms with Crippen molar-refractivity contribution in [2.75, 3.05) is 13.1 Å². The maximum Gasteiger partial charge on any atom is 0.306 e. The predicted molar refractivity (Wildman–Crippen MR) is 83.5 cm³/mol. The molecule has 1 saturated carbocycles. The number of aliphatic carboxylic acids is 1. The van der Waals surface area contributed by atoms with Crippen molar-refractivity contribution in [1.29, 1.82) is 0 Å². The molecule has 2 aliphatic rings. The monoisotopic (exact) mass is 311 g/mol. The third kappa shape index (κ3) is 4.70. The van der Waals surface area contributed by atoms with Crippen molar-refractivity contribution in [3.63, 3.8) is 0 Å². The van der Waals surface area contributed by atoms with Crippen LogP contribution in [0.3, 0.4) is 0 Å². The number of likely N-dealkylation sites (tertiary alicyclic amines) is 1. The summed E-state index contributed by atoms with van der Waals surface area (Å²) in [6, 6.07) is 0. The Balaban J connectivity index is 1.77. The summed E-state index contributed by atoms with van der Waals surface area (Å²) in [5.74, 6) is -0.727. The summed E-state index contributed by atoms with van der Waals surface area (Å²) in [6.45, 7) is 7.71. The minimum Gasteiger partial charge on any atom is -0.481 e. The van der Waals surface area contributed by atoms with Gasteiger partial charge >= 0.3 is 5.97 Å². The normalized spacial score (nSPS) is 27.7. The molecule has 0 radical (unpaired) electrons. The molecule has 5 heteroatoms. The molecule has 0 unspecified atom stereocenters. The smallest absolute Gasteiger partial charge is 0.306 e. The van der Waals surface area contributed by atoms with Gasteiger partial charge in [-0.15, -0.1) is 0 Å². The average Bonchev–Trinajstić information content (AvgIpc) is 2.46. The van der Waals surface area contributed by atoms with Gasteiger partial charge in [0.1, 0.15) is 0 Å². The largest absolute Gasteiger partial charge is 0.481 e. The van der Waals surface area contributed by atoms with Crippen molar-refractivity contribution in [3.05, 3.63) is 0 Å². The molecule has 5 nitrogen and oxygen atoms in total. The molecule has 0 aromatic carbocycles. The van der Waals surface area contributed by atoms with Crippen LogP contribution in [0.15, 0.2) is 0 Å². The van der Waals surface area contributed by atoms with Crippen LogP contribution in [0.4, 0.5) is 0 Å². The van der Waals surface area contributed by atoms with E-state index in [0.29, 0.717) is 25.7 Å². The van der Waals surface area contributed by atoms with Crippen LogP contribution < -0.4 is 0 Å². The molecule has 2 rings (SSSR count). The molecular formula is C17H29NO4. The maximum atomic E-state index is 12.6. The van der Waals surface area contributed by atoms with Gasteiger partial charge in [-0.1, -0.05) is 0 Å². The van der Waals surface area contributed by atoms with Gasteiger partial charge in [-0.3, -0.25) is 9.59 Å². The van der Waals surface area contributed by atoms with Gasteiger partial charge < -0.3 is 14.7 Å². The van der Waals surface area contributed by atoms with Crippen LogP contribution in [0, 0.1) is 11.8 Å². The number of rotatable bonds is 3. The first-order valence-corrected chi connectivity index (χ1v) is 8.45. The molecule has 2 fully saturated rings. The van der Waals surface area contributed by atoms with Crippen molar-refractivity contribution in [2.45, 2.75) is 71.0 Å². The van der Waals surface area contributed by atoms with Crippen LogP contribution >= 0.6 is 0 Å². The van der Waals surface area contributed by atoms with Crippen LogP contribution in [0.5, 0.6) is 0 Å². The zero-order chi connectivity index (χ0) is 16.3. The van der Waals surface area contributed by atoms with E-state index in [1.807, 2.05) is 4.90 Å². The Hall–Kier alpha value is -1.10. The molecule has 0 bridgehead atoms. The van der Waals surface area contributed by atoms with Crippen molar-refractivity contribution in [1.82, 2.24) is 4.90 Å². The number of carboxylic acids is 1. The topological polar surface area (TPSA) is 66.8 Å². The fourth-order valence-electron chi connectivity index (χ4n) is 3.54. The first kappa shape index (κ1) is 17.3. The molecular weight excluding hydrogens is 282 g/mol. The number of piperidine rings is 1. The van der Waals surface area contributed by atoms with E-state index in [-0.39, 0.29) is 29.4 Å². The molecule has 1 heterocycles. The lowest BCUT2D eigenvalue weighted by atomic mass is 9.81. The van der Waals surface area contributed by atoms with E-state index >= 15 is 0 Å². The molecule has 0 atom stereocenters. The van der Waals surface area contributed by atoms with Crippen molar-refractivity contribution in [2.24, 2.45) is 11.8 Å². The highest BCUT2D eigenvalue weighted by molar-refractivity contribution is 5.79. The zero-order valence-corrected chi connectivity index (χ0v) is 14.0. The highest BCUT2D eigenvalue weighted by Crippen LogP contribution is 2.31. The standard InChI is InChI=1S/C17H29NO4/c1-17(2,3)22-14-8-10-18(11-9-14)15(19)12-4-6-13(7-5-12)16(20)21/h12-14H,4-11H2,1-3H3,(H,20,21). The Bertz CT molecular complexity index is 399. The van der Waals surface area contributed by atoms with E-state index in [2.05, 4.69) is 20.8 Å². The van der Waals surface area contributed by atoms with Gasteiger partial charge in [0.15, 0.2) is 0 Å². The molecule has 22 heavy (non-hydrogen) atoms. The van der Waals surface area contributed by atoms with E-state index in [9.17, 15) is 9.59 Å². The number of nitrogens with zero attached hydrogens (tertiary/aromatic N) is 1. The number of ether oxygens (including phenoxy) is 1. The summed E-state index contributed by atoms with van der Waals surface area (Å²) < 4.78 is 5.99. The molecule has 1 saturated heterocycles. The number of carbonyl (C=O) groups excluding carboxylic acids is 1. The SMILES string of the molecule is CC(C)(C)OC1CCN(C(=O)C2CCC(C(=O)O)CC2)CC1. The first-order valence-electron chi connectivity index (χ1n) is 8.45. The van der Waals surface area contributed by atoms with E-state index < -0.39 is 5.97 Å². The predicted octanol–water partition coefficient (Wildman–Crippen LogP) is 2.68. The van der Waals surface area contributed by atoms with Crippen molar-refractivity contribution < 1.29 is 19.4 Å². The lowest BCUT2D eigenvalue weighted by Gasteiger charge is -2.37. The highest BCUT2D eigenvalue weighted by atomic mass is 16.5. The number of carbonyl (C=O) groups is 2. The Labute approximate surface area is 133 Å². The van der Waals surface area contributed by atoms with Gasteiger partial charge in [0.25, 0.3) is 0 Å². The van der Waals surface area contributed by atoms with E-state index in [1.54, 1.807) is 0 Å². The molecule has 1 aliphatic heterocycles. The third-order valence-electron chi connectivity index (χ3n) is 4.70. The Kier molecular flexibility index (Phi) is 5.48. The summed E-state index contributed by atoms with van der Waals surface area (Å²) in [4.78, 5) is 25.5. The Morgan fingerprint density at radius 2 is 1.45 bits per heavy atom. The lowest BCUT2D eigenvalue weighted by Crippen LogP contribution is -2.45. The summed E-state index contributed by atoms with van der Waals surface area (Å²) in [5.41, 5.74) is -0.133. The second-order valence-electron chi connectivity index (χ2n) is 7.64. The molecule has 1 N–H and O–H groups in total. The van der Waals surface area contributed by atoms with Crippen molar-refractivity contribution in [3.8, 4) is 0 Å². The zero-order valence-electron chi connectivity index (χ0n) is 14.0. The quantitative estimate of drug-likeness (QED) is 0.870. The van der Waals surface area contributed by atoms with Gasteiger partial charge in [0, 0.05) is 19.0 Å². The molecule has 0 aromatic heterocycles. The molecule has 1 aliphatic carbocycles. The first-order chi connectivity index (χ1) is 10.3. The van der Waals surface area contributed by atoms with Crippen LogP contribution in [0.2, 0.25) is 0 Å². The highest BCUT2D eigenvalue weighted by Gasteiger charge is 2.34. The molecule has 1 amide bonds. The fourth-order valence-corrected chi connectivity index (χ4v) is 3.54.